The first-order valence-corrected chi connectivity index (χ1v) is 7.00. The molecule has 1 heterocycles. The van der Waals surface area contributed by atoms with Crippen LogP contribution >= 0.6 is 27.5 Å². The molecule has 0 saturated carbocycles. The predicted molar refractivity (Wildman–Crippen MR) is 78.5 cm³/mol. The van der Waals surface area contributed by atoms with Crippen molar-refractivity contribution in [3.05, 3.63) is 45.3 Å². The van der Waals surface area contributed by atoms with Crippen molar-refractivity contribution < 1.29 is 8.78 Å². The first-order chi connectivity index (χ1) is 9.36. The van der Waals surface area contributed by atoms with Crippen molar-refractivity contribution in [2.45, 2.75) is 19.8 Å². The van der Waals surface area contributed by atoms with Crippen molar-refractivity contribution in [1.82, 2.24) is 9.97 Å². The highest BCUT2D eigenvalue weighted by molar-refractivity contribution is 9.10. The Morgan fingerprint density at radius 3 is 2.30 bits per heavy atom. The second kappa shape index (κ2) is 6.01. The molecule has 0 radical (unpaired) electrons. The Balaban J connectivity index is 2.35. The Bertz CT molecular complexity index is 627. The molecule has 0 unspecified atom stereocenters. The van der Waals surface area contributed by atoms with Crippen LogP contribution in [0.3, 0.4) is 0 Å². The lowest BCUT2D eigenvalue weighted by molar-refractivity contribution is 0.573. The van der Waals surface area contributed by atoms with Crippen LogP contribution in [-0.2, 0) is 0 Å². The van der Waals surface area contributed by atoms with Gasteiger partial charge in [-0.1, -0.05) is 25.4 Å². The van der Waals surface area contributed by atoms with Gasteiger partial charge in [-0.25, -0.2) is 18.7 Å². The molecule has 1 N–H and O–H groups in total. The molecule has 0 spiro atoms. The third-order valence-electron chi connectivity index (χ3n) is 2.48. The smallest absolute Gasteiger partial charge is 0.142 e. The van der Waals surface area contributed by atoms with Gasteiger partial charge in [0.25, 0.3) is 0 Å². The highest BCUT2D eigenvalue weighted by atomic mass is 79.9. The van der Waals surface area contributed by atoms with Gasteiger partial charge in [0.05, 0.1) is 4.47 Å². The number of anilines is 2. The van der Waals surface area contributed by atoms with Crippen molar-refractivity contribution in [1.29, 1.82) is 0 Å². The van der Waals surface area contributed by atoms with E-state index < -0.39 is 11.6 Å². The Hall–Kier alpha value is -1.27. The Kier molecular flexibility index (Phi) is 4.55. The number of aromatic nitrogens is 2. The monoisotopic (exact) mass is 361 g/mol. The van der Waals surface area contributed by atoms with Gasteiger partial charge in [-0.2, -0.15) is 0 Å². The molecule has 20 heavy (non-hydrogen) atoms. The molecule has 1 aromatic heterocycles. The number of benzene rings is 1. The molecule has 106 valence electrons. The highest BCUT2D eigenvalue weighted by Gasteiger charge is 2.11. The van der Waals surface area contributed by atoms with Gasteiger partial charge in [-0.3, -0.25) is 0 Å². The van der Waals surface area contributed by atoms with E-state index in [0.717, 1.165) is 12.1 Å². The molecule has 2 aromatic rings. The molecule has 3 nitrogen and oxygen atoms in total. The van der Waals surface area contributed by atoms with Gasteiger partial charge in [0.15, 0.2) is 0 Å². The van der Waals surface area contributed by atoms with Gasteiger partial charge in [0, 0.05) is 17.7 Å². The lowest BCUT2D eigenvalue weighted by atomic mass is 10.2. The fourth-order valence-corrected chi connectivity index (χ4v) is 1.95. The molecular weight excluding hydrogens is 352 g/mol. The van der Waals surface area contributed by atoms with E-state index in [9.17, 15) is 8.78 Å². The van der Waals surface area contributed by atoms with Crippen molar-refractivity contribution in [2.75, 3.05) is 5.32 Å². The predicted octanol–water partition coefficient (Wildman–Crippen LogP) is 5.04. The second-order valence-electron chi connectivity index (χ2n) is 4.47. The fourth-order valence-electron chi connectivity index (χ4n) is 1.53. The van der Waals surface area contributed by atoms with Gasteiger partial charge >= 0.3 is 0 Å². The zero-order valence-electron chi connectivity index (χ0n) is 10.7. The maximum absolute atomic E-state index is 13.4. The van der Waals surface area contributed by atoms with Gasteiger partial charge in [-0.15, -0.1) is 0 Å². The molecule has 2 rings (SSSR count). The van der Waals surface area contributed by atoms with Crippen LogP contribution in [0.4, 0.5) is 20.3 Å². The van der Waals surface area contributed by atoms with Crippen LogP contribution in [-0.4, -0.2) is 9.97 Å². The molecule has 7 heteroatoms. The van der Waals surface area contributed by atoms with Gasteiger partial charge < -0.3 is 5.32 Å². The average molecular weight is 363 g/mol. The van der Waals surface area contributed by atoms with Crippen LogP contribution in [0.25, 0.3) is 0 Å². The van der Waals surface area contributed by atoms with Crippen LogP contribution in [0.1, 0.15) is 25.6 Å². The summed E-state index contributed by atoms with van der Waals surface area (Å²) in [5.74, 6) is -0.367. The molecule has 0 atom stereocenters. The molecular formula is C13H11BrClF2N3. The summed E-state index contributed by atoms with van der Waals surface area (Å²) in [6.07, 6.45) is 0. The summed E-state index contributed by atoms with van der Waals surface area (Å²) in [6, 6.07) is 3.82. The molecule has 0 saturated heterocycles. The summed E-state index contributed by atoms with van der Waals surface area (Å²) in [5.41, 5.74) is 0.243. The average Bonchev–Trinajstić information content (AvgIpc) is 2.35. The van der Waals surface area contributed by atoms with Crippen molar-refractivity contribution in [2.24, 2.45) is 0 Å². The molecule has 0 amide bonds. The molecule has 0 bridgehead atoms. The van der Waals surface area contributed by atoms with E-state index in [1.54, 1.807) is 0 Å². The molecule has 0 aliphatic rings. The minimum atomic E-state index is -0.697. The third kappa shape index (κ3) is 3.43. The Morgan fingerprint density at radius 2 is 1.75 bits per heavy atom. The summed E-state index contributed by atoms with van der Waals surface area (Å²) in [7, 11) is 0. The lowest BCUT2D eigenvalue weighted by Gasteiger charge is -2.10. The topological polar surface area (TPSA) is 37.8 Å². The Labute approximate surface area is 128 Å². The minimum absolute atomic E-state index is 0.0904. The quantitative estimate of drug-likeness (QED) is 0.614. The summed E-state index contributed by atoms with van der Waals surface area (Å²) in [5, 5.41) is 3.08. The normalized spacial score (nSPS) is 10.9. The second-order valence-corrected chi connectivity index (χ2v) is 5.65. The van der Waals surface area contributed by atoms with Gasteiger partial charge in [-0.05, 0) is 28.1 Å². The lowest BCUT2D eigenvalue weighted by Crippen LogP contribution is -2.02. The zero-order chi connectivity index (χ0) is 14.9. The van der Waals surface area contributed by atoms with E-state index >= 15 is 0 Å². The van der Waals surface area contributed by atoms with E-state index in [2.05, 4.69) is 31.2 Å². The maximum atomic E-state index is 13.4. The summed E-state index contributed by atoms with van der Waals surface area (Å²) in [4.78, 5) is 8.33. The standard InChI is InChI=1S/C13H11BrClF2N3/c1-6(2)13-19-10(15)5-11(20-13)18-7-3-8(16)12(14)9(17)4-7/h3-6H,1-2H3,(H,18,19,20). The number of nitrogens with zero attached hydrogens (tertiary/aromatic N) is 2. The number of rotatable bonds is 3. The number of halogens is 4. The third-order valence-corrected chi connectivity index (χ3v) is 3.44. The number of hydrogen-bond donors (Lipinski definition) is 1. The molecule has 0 aliphatic carbocycles. The van der Waals surface area contributed by atoms with Crippen LogP contribution in [0.15, 0.2) is 22.7 Å². The van der Waals surface area contributed by atoms with Gasteiger partial charge in [0.1, 0.15) is 28.4 Å². The van der Waals surface area contributed by atoms with Crippen LogP contribution in [0.5, 0.6) is 0 Å². The molecule has 0 fully saturated rings. The van der Waals surface area contributed by atoms with E-state index in [1.165, 1.54) is 6.07 Å². The summed E-state index contributed by atoms with van der Waals surface area (Å²) < 4.78 is 26.7. The van der Waals surface area contributed by atoms with Crippen molar-refractivity contribution >= 4 is 39.0 Å². The van der Waals surface area contributed by atoms with Crippen LogP contribution in [0.2, 0.25) is 5.15 Å². The van der Waals surface area contributed by atoms with Gasteiger partial charge in [0.2, 0.25) is 0 Å². The van der Waals surface area contributed by atoms with E-state index in [0.29, 0.717) is 11.6 Å². The maximum Gasteiger partial charge on any atom is 0.142 e. The first kappa shape index (κ1) is 15.1. The summed E-state index contributed by atoms with van der Waals surface area (Å²) in [6.45, 7) is 3.85. The fraction of sp³-hybridized carbons (Fsp3) is 0.231. The first-order valence-electron chi connectivity index (χ1n) is 5.83. The molecule has 0 aliphatic heterocycles. The largest absolute Gasteiger partial charge is 0.340 e. The minimum Gasteiger partial charge on any atom is -0.340 e. The zero-order valence-corrected chi connectivity index (χ0v) is 13.1. The SMILES string of the molecule is CC(C)c1nc(Cl)cc(Nc2cc(F)c(Br)c(F)c2)n1. The number of nitrogens with one attached hydrogen (secondary N) is 1. The number of hydrogen-bond acceptors (Lipinski definition) is 3. The van der Waals surface area contributed by atoms with E-state index in [1.807, 2.05) is 13.8 Å². The van der Waals surface area contributed by atoms with Crippen LogP contribution < -0.4 is 5.32 Å². The molecule has 1 aromatic carbocycles. The Morgan fingerprint density at radius 1 is 1.15 bits per heavy atom. The van der Waals surface area contributed by atoms with E-state index in [4.69, 9.17) is 11.6 Å². The summed E-state index contributed by atoms with van der Waals surface area (Å²) >= 11 is 8.72. The van der Waals surface area contributed by atoms with E-state index in [-0.39, 0.29) is 21.2 Å². The van der Waals surface area contributed by atoms with Crippen molar-refractivity contribution in [3.63, 3.8) is 0 Å². The highest BCUT2D eigenvalue weighted by Crippen LogP contribution is 2.26. The van der Waals surface area contributed by atoms with Crippen molar-refractivity contribution in [3.8, 4) is 0 Å². The van der Waals surface area contributed by atoms with Crippen LogP contribution in [0, 0.1) is 11.6 Å².